The van der Waals surface area contributed by atoms with Gasteiger partial charge in [-0.2, -0.15) is 0 Å². The van der Waals surface area contributed by atoms with Crippen LogP contribution >= 0.6 is 12.2 Å². The van der Waals surface area contributed by atoms with E-state index in [1.54, 1.807) is 31.2 Å². The summed E-state index contributed by atoms with van der Waals surface area (Å²) in [6.07, 6.45) is -0.0313. The highest BCUT2D eigenvalue weighted by atomic mass is 32.1. The predicted molar refractivity (Wildman–Crippen MR) is 73.7 cm³/mol. The first-order valence-corrected chi connectivity index (χ1v) is 6.22. The third kappa shape index (κ3) is 4.00. The summed E-state index contributed by atoms with van der Waals surface area (Å²) in [5, 5.41) is 0. The maximum atomic E-state index is 11.6. The lowest BCUT2D eigenvalue weighted by Crippen LogP contribution is -2.28. The van der Waals surface area contributed by atoms with Crippen molar-refractivity contribution >= 4 is 23.2 Å². The molecule has 0 saturated carbocycles. The first kappa shape index (κ1) is 14.4. The number of hydrogen-bond donors (Lipinski definition) is 1. The molecular formula is C13H17NO3S. The fraction of sp³-hybridized carbons (Fsp3) is 0.385. The van der Waals surface area contributed by atoms with E-state index < -0.39 is 6.10 Å². The van der Waals surface area contributed by atoms with Gasteiger partial charge in [-0.25, -0.2) is 4.79 Å². The van der Waals surface area contributed by atoms with Crippen molar-refractivity contribution in [3.8, 4) is 5.75 Å². The molecule has 1 aromatic rings. The molecule has 0 aliphatic carbocycles. The van der Waals surface area contributed by atoms with Gasteiger partial charge in [0.1, 0.15) is 10.7 Å². The van der Waals surface area contributed by atoms with Crippen LogP contribution in [0.5, 0.6) is 5.75 Å². The Bertz CT molecular complexity index is 417. The quantitative estimate of drug-likeness (QED) is 0.631. The molecule has 1 aromatic carbocycles. The third-order valence-electron chi connectivity index (χ3n) is 2.34. The molecule has 0 radical (unpaired) electrons. The maximum absolute atomic E-state index is 11.6. The van der Waals surface area contributed by atoms with Gasteiger partial charge >= 0.3 is 5.97 Å². The van der Waals surface area contributed by atoms with Crippen LogP contribution in [0.25, 0.3) is 0 Å². The SMILES string of the molecule is CCOC(=O)C(CC)Oc1ccc(C(N)=S)cc1. The first-order chi connectivity index (χ1) is 8.58. The summed E-state index contributed by atoms with van der Waals surface area (Å²) in [6.45, 7) is 3.98. The summed E-state index contributed by atoms with van der Waals surface area (Å²) < 4.78 is 10.5. The van der Waals surface area contributed by atoms with Crippen molar-refractivity contribution in [1.29, 1.82) is 0 Å². The molecule has 1 atom stereocenters. The minimum absolute atomic E-state index is 0.332. The van der Waals surface area contributed by atoms with Crippen molar-refractivity contribution in [2.75, 3.05) is 6.61 Å². The van der Waals surface area contributed by atoms with E-state index in [0.717, 1.165) is 5.56 Å². The van der Waals surface area contributed by atoms with Gasteiger partial charge in [0.05, 0.1) is 6.61 Å². The van der Waals surface area contributed by atoms with Gasteiger partial charge in [0, 0.05) is 5.56 Å². The molecule has 5 heteroatoms. The lowest BCUT2D eigenvalue weighted by atomic mass is 10.2. The van der Waals surface area contributed by atoms with E-state index in [1.807, 2.05) is 6.92 Å². The number of benzene rings is 1. The molecule has 0 saturated heterocycles. The standard InChI is InChI=1S/C13H17NO3S/c1-3-11(13(15)16-4-2)17-10-7-5-9(6-8-10)12(14)18/h5-8,11H,3-4H2,1-2H3,(H2,14,18). The Morgan fingerprint density at radius 3 is 2.39 bits per heavy atom. The van der Waals surface area contributed by atoms with Gasteiger partial charge in [-0.15, -0.1) is 0 Å². The van der Waals surface area contributed by atoms with Crippen molar-refractivity contribution in [2.24, 2.45) is 5.73 Å². The second-order valence-electron chi connectivity index (χ2n) is 3.66. The smallest absolute Gasteiger partial charge is 0.347 e. The number of nitrogens with two attached hydrogens (primary N) is 1. The molecule has 0 spiro atoms. The minimum atomic E-state index is -0.583. The van der Waals surface area contributed by atoms with Crippen molar-refractivity contribution in [3.63, 3.8) is 0 Å². The Balaban J connectivity index is 2.70. The molecule has 4 nitrogen and oxygen atoms in total. The van der Waals surface area contributed by atoms with E-state index in [2.05, 4.69) is 0 Å². The zero-order valence-corrected chi connectivity index (χ0v) is 11.3. The summed E-state index contributed by atoms with van der Waals surface area (Å²) in [5.41, 5.74) is 6.26. The fourth-order valence-corrected chi connectivity index (χ4v) is 1.53. The maximum Gasteiger partial charge on any atom is 0.347 e. The zero-order chi connectivity index (χ0) is 13.5. The van der Waals surface area contributed by atoms with Gasteiger partial charge in [-0.1, -0.05) is 19.1 Å². The molecule has 0 aromatic heterocycles. The summed E-state index contributed by atoms with van der Waals surface area (Å²) >= 11 is 4.85. The van der Waals surface area contributed by atoms with Crippen molar-refractivity contribution in [1.82, 2.24) is 0 Å². The summed E-state index contributed by atoms with van der Waals surface area (Å²) in [4.78, 5) is 11.9. The van der Waals surface area contributed by atoms with E-state index >= 15 is 0 Å². The van der Waals surface area contributed by atoms with Gasteiger partial charge in [-0.05, 0) is 37.6 Å². The number of rotatable bonds is 6. The number of thiocarbonyl (C=S) groups is 1. The lowest BCUT2D eigenvalue weighted by Gasteiger charge is -2.16. The van der Waals surface area contributed by atoms with Gasteiger partial charge in [0.15, 0.2) is 6.10 Å². The van der Waals surface area contributed by atoms with Crippen LogP contribution < -0.4 is 10.5 Å². The molecule has 0 aliphatic rings. The van der Waals surface area contributed by atoms with Gasteiger partial charge in [-0.3, -0.25) is 0 Å². The van der Waals surface area contributed by atoms with Crippen LogP contribution in [0.1, 0.15) is 25.8 Å². The van der Waals surface area contributed by atoms with E-state index in [4.69, 9.17) is 27.4 Å². The molecule has 18 heavy (non-hydrogen) atoms. The van der Waals surface area contributed by atoms with E-state index in [9.17, 15) is 4.79 Å². The minimum Gasteiger partial charge on any atom is -0.479 e. The summed E-state index contributed by atoms with van der Waals surface area (Å²) in [5.74, 6) is 0.244. The molecule has 98 valence electrons. The Hall–Kier alpha value is -1.62. The van der Waals surface area contributed by atoms with Gasteiger partial charge in [0.2, 0.25) is 0 Å². The van der Waals surface area contributed by atoms with Crippen LogP contribution in [-0.4, -0.2) is 23.7 Å². The van der Waals surface area contributed by atoms with Gasteiger partial charge < -0.3 is 15.2 Å². The molecule has 0 aliphatic heterocycles. The van der Waals surface area contributed by atoms with E-state index in [-0.39, 0.29) is 5.97 Å². The second kappa shape index (κ2) is 6.96. The molecule has 0 heterocycles. The zero-order valence-electron chi connectivity index (χ0n) is 10.5. The fourth-order valence-electron chi connectivity index (χ4n) is 1.40. The van der Waals surface area contributed by atoms with E-state index in [1.165, 1.54) is 0 Å². The summed E-state index contributed by atoms with van der Waals surface area (Å²) in [6, 6.07) is 6.98. The monoisotopic (exact) mass is 267 g/mol. The topological polar surface area (TPSA) is 61.5 Å². The highest BCUT2D eigenvalue weighted by Gasteiger charge is 2.19. The Morgan fingerprint density at radius 2 is 1.94 bits per heavy atom. The molecule has 0 bridgehead atoms. The second-order valence-corrected chi connectivity index (χ2v) is 4.10. The van der Waals surface area contributed by atoms with E-state index in [0.29, 0.717) is 23.8 Å². The number of ether oxygens (including phenoxy) is 2. The number of esters is 1. The van der Waals surface area contributed by atoms with Gasteiger partial charge in [0.25, 0.3) is 0 Å². The predicted octanol–water partition coefficient (Wildman–Crippen LogP) is 2.04. The first-order valence-electron chi connectivity index (χ1n) is 5.81. The Labute approximate surface area is 112 Å². The van der Waals surface area contributed by atoms with Crippen LogP contribution in [0.4, 0.5) is 0 Å². The highest BCUT2D eigenvalue weighted by Crippen LogP contribution is 2.15. The molecular weight excluding hydrogens is 250 g/mol. The number of carbonyl (C=O) groups excluding carboxylic acids is 1. The van der Waals surface area contributed by atoms with Crippen molar-refractivity contribution in [3.05, 3.63) is 29.8 Å². The third-order valence-corrected chi connectivity index (χ3v) is 2.57. The normalized spacial score (nSPS) is 11.7. The number of carbonyl (C=O) groups is 1. The molecule has 0 amide bonds. The average molecular weight is 267 g/mol. The lowest BCUT2D eigenvalue weighted by molar-refractivity contribution is -0.151. The molecule has 0 fully saturated rings. The molecule has 1 unspecified atom stereocenters. The van der Waals surface area contributed by atoms with Crippen molar-refractivity contribution in [2.45, 2.75) is 26.4 Å². The van der Waals surface area contributed by atoms with Crippen molar-refractivity contribution < 1.29 is 14.3 Å². The number of hydrogen-bond acceptors (Lipinski definition) is 4. The molecule has 1 rings (SSSR count). The Kier molecular flexibility index (Phi) is 5.58. The Morgan fingerprint density at radius 1 is 1.33 bits per heavy atom. The van der Waals surface area contributed by atoms with Crippen LogP contribution in [0.2, 0.25) is 0 Å². The average Bonchev–Trinajstić information content (AvgIpc) is 2.36. The van der Waals surface area contributed by atoms with Crippen LogP contribution in [0.15, 0.2) is 24.3 Å². The van der Waals surface area contributed by atoms with Crippen LogP contribution in [0.3, 0.4) is 0 Å². The largest absolute Gasteiger partial charge is 0.479 e. The van der Waals surface area contributed by atoms with Crippen LogP contribution in [-0.2, 0) is 9.53 Å². The van der Waals surface area contributed by atoms with Crippen LogP contribution in [0, 0.1) is 0 Å². The summed E-state index contributed by atoms with van der Waals surface area (Å²) in [7, 11) is 0. The highest BCUT2D eigenvalue weighted by molar-refractivity contribution is 7.80. The molecule has 2 N–H and O–H groups in total.